The second-order valence-electron chi connectivity index (χ2n) is 7.11. The van der Waals surface area contributed by atoms with Crippen LogP contribution >= 0.6 is 0 Å². The number of amides is 1. The van der Waals surface area contributed by atoms with Gasteiger partial charge in [-0.3, -0.25) is 4.79 Å². The predicted molar refractivity (Wildman–Crippen MR) is 125 cm³/mol. The molecule has 0 unspecified atom stereocenters. The molecule has 0 aliphatic rings. The molecule has 0 radical (unpaired) electrons. The largest absolute Gasteiger partial charge is 0.507 e. The van der Waals surface area contributed by atoms with Crippen LogP contribution < -0.4 is 14.9 Å². The third-order valence-corrected chi connectivity index (χ3v) is 4.88. The van der Waals surface area contributed by atoms with Crippen molar-refractivity contribution in [1.29, 1.82) is 0 Å². The van der Waals surface area contributed by atoms with E-state index in [2.05, 4.69) is 10.5 Å². The number of methoxy groups -OCH3 is 1. The minimum absolute atomic E-state index is 0.119. The maximum Gasteiger partial charge on any atom is 0.343 e. The highest BCUT2D eigenvalue weighted by molar-refractivity contribution is 6.01. The molecule has 0 aliphatic heterocycles. The van der Waals surface area contributed by atoms with Crippen molar-refractivity contribution in [3.05, 3.63) is 102 Å². The highest BCUT2D eigenvalue weighted by atomic mass is 16.5. The Morgan fingerprint density at radius 3 is 2.33 bits per heavy atom. The lowest BCUT2D eigenvalue weighted by Crippen LogP contribution is -2.17. The summed E-state index contributed by atoms with van der Waals surface area (Å²) in [6, 6.07) is 23.8. The zero-order valence-corrected chi connectivity index (χ0v) is 17.7. The Hall–Kier alpha value is -4.65. The van der Waals surface area contributed by atoms with Crippen molar-refractivity contribution in [2.45, 2.75) is 0 Å². The number of carbonyl (C=O) groups excluding carboxylic acids is 2. The number of nitrogens with zero attached hydrogens (tertiary/aromatic N) is 1. The molecule has 1 amide bonds. The summed E-state index contributed by atoms with van der Waals surface area (Å²) in [5.74, 6) is -0.209. The van der Waals surface area contributed by atoms with Gasteiger partial charge in [-0.15, -0.1) is 0 Å². The molecule has 0 saturated heterocycles. The van der Waals surface area contributed by atoms with Gasteiger partial charge in [-0.2, -0.15) is 5.10 Å². The predicted octanol–water partition coefficient (Wildman–Crippen LogP) is 4.54. The third-order valence-electron chi connectivity index (χ3n) is 4.88. The van der Waals surface area contributed by atoms with Gasteiger partial charge in [0.05, 0.1) is 24.5 Å². The molecule has 4 aromatic rings. The van der Waals surface area contributed by atoms with Gasteiger partial charge in [0.25, 0.3) is 5.91 Å². The lowest BCUT2D eigenvalue weighted by molar-refractivity contribution is 0.0734. The van der Waals surface area contributed by atoms with E-state index in [1.807, 2.05) is 24.3 Å². The monoisotopic (exact) mass is 440 g/mol. The molecule has 2 N–H and O–H groups in total. The first-order chi connectivity index (χ1) is 16.0. The summed E-state index contributed by atoms with van der Waals surface area (Å²) in [4.78, 5) is 24.8. The van der Waals surface area contributed by atoms with Crippen LogP contribution in [0.25, 0.3) is 10.8 Å². The minimum Gasteiger partial charge on any atom is -0.507 e. The number of ether oxygens (including phenoxy) is 2. The number of carbonyl (C=O) groups is 2. The molecule has 0 aliphatic carbocycles. The molecule has 4 rings (SSSR count). The summed E-state index contributed by atoms with van der Waals surface area (Å²) in [5, 5.41) is 15.8. The van der Waals surface area contributed by atoms with Gasteiger partial charge in [0.2, 0.25) is 0 Å². The van der Waals surface area contributed by atoms with E-state index in [1.165, 1.54) is 12.3 Å². The number of phenols is 1. The van der Waals surface area contributed by atoms with Crippen molar-refractivity contribution in [3.8, 4) is 17.2 Å². The van der Waals surface area contributed by atoms with Crippen LogP contribution in [-0.4, -0.2) is 30.3 Å². The van der Waals surface area contributed by atoms with Gasteiger partial charge in [0.15, 0.2) is 0 Å². The van der Waals surface area contributed by atoms with Crippen LogP contribution in [0.15, 0.2) is 90.0 Å². The van der Waals surface area contributed by atoms with Crippen LogP contribution in [0.4, 0.5) is 0 Å². The quantitative estimate of drug-likeness (QED) is 0.199. The van der Waals surface area contributed by atoms with Gasteiger partial charge < -0.3 is 14.6 Å². The van der Waals surface area contributed by atoms with E-state index in [9.17, 15) is 14.7 Å². The first-order valence-corrected chi connectivity index (χ1v) is 10.0. The number of esters is 1. The maximum atomic E-state index is 12.5. The van der Waals surface area contributed by atoms with E-state index in [-0.39, 0.29) is 11.3 Å². The SMILES string of the molecule is COc1ccc(C(=O)Oc2cccc(/C=N/NC(=O)c3cc4ccccc4cc3O)c2)cc1. The number of hydrogen-bond acceptors (Lipinski definition) is 6. The van der Waals surface area contributed by atoms with E-state index in [4.69, 9.17) is 9.47 Å². The van der Waals surface area contributed by atoms with Crippen molar-refractivity contribution in [2.24, 2.45) is 5.10 Å². The molecule has 0 bridgehead atoms. The Bertz CT molecular complexity index is 1350. The Balaban J connectivity index is 1.41. The van der Waals surface area contributed by atoms with Crippen LogP contribution in [0.2, 0.25) is 0 Å². The van der Waals surface area contributed by atoms with Gasteiger partial charge in [-0.25, -0.2) is 10.2 Å². The number of phenolic OH excluding ortho intramolecular Hbond substituents is 1. The minimum atomic E-state index is -0.545. The van der Waals surface area contributed by atoms with Crippen LogP contribution in [0.5, 0.6) is 17.2 Å². The first kappa shape index (κ1) is 21.6. The zero-order chi connectivity index (χ0) is 23.2. The zero-order valence-electron chi connectivity index (χ0n) is 17.7. The van der Waals surface area contributed by atoms with Crippen LogP contribution in [-0.2, 0) is 0 Å². The number of nitrogens with one attached hydrogen (secondary N) is 1. The average molecular weight is 440 g/mol. The van der Waals surface area contributed by atoms with Crippen LogP contribution in [0, 0.1) is 0 Å². The smallest absolute Gasteiger partial charge is 0.343 e. The molecule has 164 valence electrons. The van der Waals surface area contributed by atoms with Gasteiger partial charge in [-0.05, 0) is 64.9 Å². The molecule has 7 nitrogen and oxygen atoms in total. The molecule has 0 heterocycles. The molecule has 0 fully saturated rings. The fourth-order valence-electron chi connectivity index (χ4n) is 3.19. The average Bonchev–Trinajstić information content (AvgIpc) is 2.83. The van der Waals surface area contributed by atoms with E-state index in [1.54, 1.807) is 61.7 Å². The number of rotatable bonds is 6. The molecule has 0 aromatic heterocycles. The molecule has 33 heavy (non-hydrogen) atoms. The fraction of sp³-hybridized carbons (Fsp3) is 0.0385. The van der Waals surface area contributed by atoms with Gasteiger partial charge in [0.1, 0.15) is 17.2 Å². The standard InChI is InChI=1S/C26H20N2O5/c1-32-21-11-9-18(10-12-21)26(31)33-22-8-4-5-17(13-22)16-27-28-25(30)23-14-19-6-2-3-7-20(19)15-24(23)29/h2-16,29H,1H3,(H,28,30)/b27-16+. The summed E-state index contributed by atoms with van der Waals surface area (Å²) in [6.45, 7) is 0. The van der Waals surface area contributed by atoms with Crippen molar-refractivity contribution < 1.29 is 24.2 Å². The highest BCUT2D eigenvalue weighted by Gasteiger charge is 2.12. The topological polar surface area (TPSA) is 97.2 Å². The number of hydrogen-bond donors (Lipinski definition) is 2. The van der Waals surface area contributed by atoms with E-state index >= 15 is 0 Å². The molecule has 4 aromatic carbocycles. The summed E-state index contributed by atoms with van der Waals surface area (Å²) in [5.41, 5.74) is 3.52. The normalized spacial score (nSPS) is 10.8. The number of benzene rings is 4. The van der Waals surface area contributed by atoms with Crippen molar-refractivity contribution in [3.63, 3.8) is 0 Å². The van der Waals surface area contributed by atoms with E-state index < -0.39 is 11.9 Å². The lowest BCUT2D eigenvalue weighted by atomic mass is 10.1. The Kier molecular flexibility index (Phi) is 6.31. The van der Waals surface area contributed by atoms with Crippen molar-refractivity contribution in [2.75, 3.05) is 7.11 Å². The number of fused-ring (bicyclic) bond motifs is 1. The van der Waals surface area contributed by atoms with Gasteiger partial charge in [0, 0.05) is 0 Å². The summed E-state index contributed by atoms with van der Waals surface area (Å²) < 4.78 is 10.5. The van der Waals surface area contributed by atoms with E-state index in [0.717, 1.165) is 10.8 Å². The summed E-state index contributed by atoms with van der Waals surface area (Å²) in [6.07, 6.45) is 1.42. The lowest BCUT2D eigenvalue weighted by Gasteiger charge is -2.06. The Morgan fingerprint density at radius 1 is 0.879 bits per heavy atom. The molecular weight excluding hydrogens is 420 g/mol. The molecule has 0 saturated carbocycles. The summed E-state index contributed by atoms with van der Waals surface area (Å²) >= 11 is 0. The number of hydrazone groups is 1. The maximum absolute atomic E-state index is 12.5. The van der Waals surface area contributed by atoms with Gasteiger partial charge in [-0.1, -0.05) is 36.4 Å². The second-order valence-corrected chi connectivity index (χ2v) is 7.11. The van der Waals surface area contributed by atoms with Crippen molar-refractivity contribution in [1.82, 2.24) is 5.43 Å². The molecular formula is C26H20N2O5. The summed E-state index contributed by atoms with van der Waals surface area (Å²) in [7, 11) is 1.55. The molecule has 7 heteroatoms. The Morgan fingerprint density at radius 2 is 1.61 bits per heavy atom. The first-order valence-electron chi connectivity index (χ1n) is 10.0. The van der Waals surface area contributed by atoms with Crippen molar-refractivity contribution >= 4 is 28.9 Å². The molecule has 0 spiro atoms. The fourth-order valence-corrected chi connectivity index (χ4v) is 3.19. The van der Waals surface area contributed by atoms with Crippen LogP contribution in [0.3, 0.4) is 0 Å². The molecule has 0 atom stereocenters. The highest BCUT2D eigenvalue weighted by Crippen LogP contribution is 2.25. The van der Waals surface area contributed by atoms with Gasteiger partial charge >= 0.3 is 5.97 Å². The Labute approximate surface area is 189 Å². The van der Waals surface area contributed by atoms with E-state index in [0.29, 0.717) is 22.6 Å². The second kappa shape index (κ2) is 9.65. The van der Waals surface area contributed by atoms with Crippen LogP contribution in [0.1, 0.15) is 26.3 Å². The number of aromatic hydroxyl groups is 1. The third kappa shape index (κ3) is 5.16.